The molecule has 0 bridgehead atoms. The van der Waals surface area contributed by atoms with Crippen LogP contribution in [0.15, 0.2) is 59.5 Å². The molecule has 2 aromatic carbocycles. The molecule has 2 aromatic heterocycles. The first-order valence-electron chi connectivity index (χ1n) is 11.5. The Labute approximate surface area is 198 Å². The van der Waals surface area contributed by atoms with E-state index < -0.39 is 0 Å². The average Bonchev–Trinajstić information content (AvgIpc) is 3.41. The van der Waals surface area contributed by atoms with Crippen LogP contribution in [0.3, 0.4) is 0 Å². The van der Waals surface area contributed by atoms with Crippen molar-refractivity contribution in [1.82, 2.24) is 15.3 Å². The summed E-state index contributed by atoms with van der Waals surface area (Å²) in [4.78, 5) is 9.00. The molecule has 0 saturated carbocycles. The second-order valence-electron chi connectivity index (χ2n) is 8.06. The predicted octanol–water partition coefficient (Wildman–Crippen LogP) is 5.17. The van der Waals surface area contributed by atoms with E-state index in [0.717, 1.165) is 53.8 Å². The van der Waals surface area contributed by atoms with Gasteiger partial charge in [0.2, 0.25) is 0 Å². The quantitative estimate of drug-likeness (QED) is 0.372. The Bertz CT molecular complexity index is 1250. The molecule has 1 saturated heterocycles. The molecule has 1 fully saturated rings. The number of aromatic nitrogens is 2. The van der Waals surface area contributed by atoms with Crippen LogP contribution >= 0.6 is 0 Å². The smallest absolute Gasteiger partial charge is 0.163 e. The maximum Gasteiger partial charge on any atom is 0.163 e. The van der Waals surface area contributed by atoms with Gasteiger partial charge in [-0.1, -0.05) is 0 Å². The average molecular weight is 461 g/mol. The van der Waals surface area contributed by atoms with Gasteiger partial charge in [0.15, 0.2) is 11.5 Å². The zero-order valence-electron chi connectivity index (χ0n) is 19.3. The van der Waals surface area contributed by atoms with Crippen molar-refractivity contribution in [3.05, 3.63) is 55.1 Å². The summed E-state index contributed by atoms with van der Waals surface area (Å²) in [5.74, 6) is 3.51. The molecule has 176 valence electrons. The van der Waals surface area contributed by atoms with Gasteiger partial charge in [0.1, 0.15) is 29.8 Å². The Balaban J connectivity index is 1.53. The van der Waals surface area contributed by atoms with Crippen molar-refractivity contribution in [1.29, 1.82) is 0 Å². The largest absolute Gasteiger partial charge is 0.495 e. The lowest BCUT2D eigenvalue weighted by molar-refractivity contribution is 0.155. The van der Waals surface area contributed by atoms with E-state index in [1.165, 1.54) is 6.33 Å². The van der Waals surface area contributed by atoms with Crippen LogP contribution in [-0.2, 0) is 0 Å². The third kappa shape index (κ3) is 4.63. The first kappa shape index (κ1) is 22.0. The van der Waals surface area contributed by atoms with Crippen LogP contribution < -0.4 is 24.8 Å². The minimum absolute atomic E-state index is 0.143. The second-order valence-corrected chi connectivity index (χ2v) is 8.06. The first-order chi connectivity index (χ1) is 16.7. The summed E-state index contributed by atoms with van der Waals surface area (Å²) in [5.41, 5.74) is 2.46. The molecule has 0 amide bonds. The summed E-state index contributed by atoms with van der Waals surface area (Å²) in [6.45, 7) is 4.40. The van der Waals surface area contributed by atoms with E-state index in [4.69, 9.17) is 18.6 Å². The summed E-state index contributed by atoms with van der Waals surface area (Å²) >= 11 is 0. The van der Waals surface area contributed by atoms with E-state index in [2.05, 4.69) is 20.6 Å². The standard InChI is InChI=1S/C26H28N4O4/c1-3-32-24-15-20-19(14-25(24)34-18-8-10-27-11-9-18)26(29-16-28-20)30-21-13-17(6-7-23(21)31-2)22-5-4-12-33-22/h4-7,12-16,18,27H,3,8-11H2,1-2H3,(H,28,29,30). The zero-order valence-corrected chi connectivity index (χ0v) is 19.3. The van der Waals surface area contributed by atoms with Crippen LogP contribution in [0.1, 0.15) is 19.8 Å². The summed E-state index contributed by atoms with van der Waals surface area (Å²) < 4.78 is 23.4. The van der Waals surface area contributed by atoms with Crippen molar-refractivity contribution in [2.45, 2.75) is 25.9 Å². The lowest BCUT2D eigenvalue weighted by atomic mass is 10.1. The Morgan fingerprint density at radius 3 is 2.71 bits per heavy atom. The molecule has 0 atom stereocenters. The number of benzene rings is 2. The number of hydrogen-bond acceptors (Lipinski definition) is 8. The minimum Gasteiger partial charge on any atom is -0.495 e. The summed E-state index contributed by atoms with van der Waals surface area (Å²) in [6, 6.07) is 13.5. The molecule has 0 radical (unpaired) electrons. The molecule has 2 N–H and O–H groups in total. The summed E-state index contributed by atoms with van der Waals surface area (Å²) in [6.07, 6.45) is 5.25. The zero-order chi connectivity index (χ0) is 23.3. The number of nitrogens with one attached hydrogen (secondary N) is 2. The Morgan fingerprint density at radius 2 is 1.94 bits per heavy atom. The highest BCUT2D eigenvalue weighted by atomic mass is 16.5. The van der Waals surface area contributed by atoms with Gasteiger partial charge in [-0.2, -0.15) is 0 Å². The first-order valence-corrected chi connectivity index (χ1v) is 11.5. The number of anilines is 2. The molecule has 3 heterocycles. The van der Waals surface area contributed by atoms with Gasteiger partial charge >= 0.3 is 0 Å². The van der Waals surface area contributed by atoms with Crippen LogP contribution in [0.2, 0.25) is 0 Å². The highest BCUT2D eigenvalue weighted by molar-refractivity contribution is 5.93. The second kappa shape index (κ2) is 10.0. The molecular formula is C26H28N4O4. The Hall–Kier alpha value is -3.78. The molecule has 34 heavy (non-hydrogen) atoms. The monoisotopic (exact) mass is 460 g/mol. The van der Waals surface area contributed by atoms with Crippen molar-refractivity contribution >= 4 is 22.4 Å². The van der Waals surface area contributed by atoms with Gasteiger partial charge in [-0.05, 0) is 69.3 Å². The predicted molar refractivity (Wildman–Crippen MR) is 131 cm³/mol. The summed E-state index contributed by atoms with van der Waals surface area (Å²) in [5, 5.41) is 7.63. The Morgan fingerprint density at radius 1 is 1.06 bits per heavy atom. The van der Waals surface area contributed by atoms with Crippen LogP contribution in [-0.4, -0.2) is 42.9 Å². The topological polar surface area (TPSA) is 90.7 Å². The van der Waals surface area contributed by atoms with E-state index in [9.17, 15) is 0 Å². The normalized spacial score (nSPS) is 14.2. The van der Waals surface area contributed by atoms with Crippen molar-refractivity contribution < 1.29 is 18.6 Å². The number of fused-ring (bicyclic) bond motifs is 1. The van der Waals surface area contributed by atoms with E-state index in [1.54, 1.807) is 13.4 Å². The molecule has 0 spiro atoms. The molecule has 4 aromatic rings. The fourth-order valence-corrected chi connectivity index (χ4v) is 4.15. The van der Waals surface area contributed by atoms with Gasteiger partial charge in [0.05, 0.1) is 31.2 Å². The number of methoxy groups -OCH3 is 1. The van der Waals surface area contributed by atoms with E-state index >= 15 is 0 Å². The van der Waals surface area contributed by atoms with Gasteiger partial charge in [0.25, 0.3) is 0 Å². The van der Waals surface area contributed by atoms with Gasteiger partial charge in [-0.15, -0.1) is 0 Å². The highest BCUT2D eigenvalue weighted by Crippen LogP contribution is 2.38. The summed E-state index contributed by atoms with van der Waals surface area (Å²) in [7, 11) is 1.64. The number of piperidine rings is 1. The van der Waals surface area contributed by atoms with Crippen LogP contribution in [0.4, 0.5) is 11.5 Å². The molecule has 5 rings (SSSR count). The van der Waals surface area contributed by atoms with Crippen LogP contribution in [0, 0.1) is 0 Å². The lowest BCUT2D eigenvalue weighted by Gasteiger charge is -2.25. The number of ether oxygens (including phenoxy) is 3. The third-order valence-electron chi connectivity index (χ3n) is 5.84. The van der Waals surface area contributed by atoms with Crippen LogP contribution in [0.5, 0.6) is 17.2 Å². The third-order valence-corrected chi connectivity index (χ3v) is 5.84. The fourth-order valence-electron chi connectivity index (χ4n) is 4.15. The highest BCUT2D eigenvalue weighted by Gasteiger charge is 2.19. The number of nitrogens with zero attached hydrogens (tertiary/aromatic N) is 2. The number of rotatable bonds is 8. The fraction of sp³-hybridized carbons (Fsp3) is 0.308. The van der Waals surface area contributed by atoms with Crippen LogP contribution in [0.25, 0.3) is 22.2 Å². The molecule has 0 aliphatic carbocycles. The van der Waals surface area contributed by atoms with E-state index in [1.807, 2.05) is 49.4 Å². The maximum atomic E-state index is 6.38. The van der Waals surface area contributed by atoms with Crippen molar-refractivity contribution in [2.24, 2.45) is 0 Å². The van der Waals surface area contributed by atoms with E-state index in [-0.39, 0.29) is 6.10 Å². The molecular weight excluding hydrogens is 432 g/mol. The van der Waals surface area contributed by atoms with Gasteiger partial charge in [-0.25, -0.2) is 9.97 Å². The molecule has 0 unspecified atom stereocenters. The molecule has 8 heteroatoms. The maximum absolute atomic E-state index is 6.38. The molecule has 8 nitrogen and oxygen atoms in total. The Kier molecular flexibility index (Phi) is 6.49. The number of hydrogen-bond donors (Lipinski definition) is 2. The SMILES string of the molecule is CCOc1cc2ncnc(Nc3cc(-c4ccco4)ccc3OC)c2cc1OC1CCNCC1. The van der Waals surface area contributed by atoms with Gasteiger partial charge in [-0.3, -0.25) is 0 Å². The molecule has 1 aliphatic heterocycles. The minimum atomic E-state index is 0.143. The van der Waals surface area contributed by atoms with Gasteiger partial charge in [0, 0.05) is 17.0 Å². The molecule has 1 aliphatic rings. The van der Waals surface area contributed by atoms with Crippen molar-refractivity contribution in [2.75, 3.05) is 32.1 Å². The van der Waals surface area contributed by atoms with Crippen molar-refractivity contribution in [3.63, 3.8) is 0 Å². The van der Waals surface area contributed by atoms with Gasteiger partial charge < -0.3 is 29.3 Å². The van der Waals surface area contributed by atoms with Crippen molar-refractivity contribution in [3.8, 4) is 28.6 Å². The van der Waals surface area contributed by atoms with E-state index in [0.29, 0.717) is 29.7 Å². The lowest BCUT2D eigenvalue weighted by Crippen LogP contribution is -2.34. The number of furan rings is 1.